The molecule has 3 nitrogen and oxygen atoms in total. The predicted molar refractivity (Wildman–Crippen MR) is 151 cm³/mol. The fourth-order valence-corrected chi connectivity index (χ4v) is 4.54. The summed E-state index contributed by atoms with van der Waals surface area (Å²) >= 11 is 0. The number of nitrogens with zero attached hydrogens (tertiary/aromatic N) is 1. The van der Waals surface area contributed by atoms with E-state index in [2.05, 4.69) is 28.1 Å². The molecule has 2 rings (SSSR count). The van der Waals surface area contributed by atoms with Crippen LogP contribution in [0.1, 0.15) is 120 Å². The smallest absolute Gasteiger partial charge is 0.0780 e. The molecule has 0 aromatic heterocycles. The van der Waals surface area contributed by atoms with Crippen LogP contribution in [-0.4, -0.2) is 38.1 Å². The molecule has 0 unspecified atom stereocenters. The highest BCUT2D eigenvalue weighted by molar-refractivity contribution is 6.02. The zero-order valence-corrected chi connectivity index (χ0v) is 23.3. The minimum atomic E-state index is -1.13. The number of hydrogen-bond acceptors (Lipinski definition) is 2. The van der Waals surface area contributed by atoms with Crippen molar-refractivity contribution in [3.63, 3.8) is 0 Å². The first-order valence-corrected chi connectivity index (χ1v) is 14.3. The maximum atomic E-state index is 10.7. The van der Waals surface area contributed by atoms with Crippen LogP contribution in [-0.2, 0) is 0 Å². The van der Waals surface area contributed by atoms with E-state index in [0.717, 1.165) is 15.3 Å². The largest absolute Gasteiger partial charge is 0.545 e. The highest BCUT2D eigenvalue weighted by atomic mass is 16.4. The van der Waals surface area contributed by atoms with Gasteiger partial charge in [0.2, 0.25) is 0 Å². The van der Waals surface area contributed by atoms with Gasteiger partial charge in [-0.05, 0) is 23.6 Å². The number of fused-ring (bicyclic) bond motifs is 1. The average molecular weight is 484 g/mol. The van der Waals surface area contributed by atoms with Crippen LogP contribution in [0.2, 0.25) is 0 Å². The van der Waals surface area contributed by atoms with Crippen LogP contribution < -0.4 is 5.11 Å². The van der Waals surface area contributed by atoms with Crippen molar-refractivity contribution in [2.75, 3.05) is 27.7 Å². The number of hydrogen-bond donors (Lipinski definition) is 0. The number of quaternary nitrogens is 1. The molecule has 0 amide bonds. The lowest BCUT2D eigenvalue weighted by atomic mass is 10.0. The number of carboxylic acid groups (broad SMARTS) is 1. The van der Waals surface area contributed by atoms with E-state index in [0.29, 0.717) is 0 Å². The molecule has 2 aromatic carbocycles. The molecule has 3 heteroatoms. The zero-order valence-electron chi connectivity index (χ0n) is 23.3. The fourth-order valence-electron chi connectivity index (χ4n) is 4.54. The Balaban J connectivity index is 0.000000394. The highest BCUT2D eigenvalue weighted by Gasteiger charge is 2.05. The minimum absolute atomic E-state index is 0.248. The number of carbonyl (C=O) groups is 1. The average Bonchev–Trinajstić information content (AvgIpc) is 2.83. The summed E-state index contributed by atoms with van der Waals surface area (Å²) in [6, 6.07) is 12.5. The molecule has 0 spiro atoms. The highest BCUT2D eigenvalue weighted by Crippen LogP contribution is 2.17. The van der Waals surface area contributed by atoms with Crippen molar-refractivity contribution in [2.24, 2.45) is 0 Å². The summed E-state index contributed by atoms with van der Waals surface area (Å²) in [4.78, 5) is 10.7. The number of rotatable bonds is 18. The van der Waals surface area contributed by atoms with Crippen LogP contribution in [0.3, 0.4) is 0 Å². The van der Waals surface area contributed by atoms with Gasteiger partial charge in [-0.3, -0.25) is 0 Å². The molecule has 35 heavy (non-hydrogen) atoms. The second kappa shape index (κ2) is 19.3. The molecule has 198 valence electrons. The lowest BCUT2D eigenvalue weighted by Crippen LogP contribution is -2.35. The van der Waals surface area contributed by atoms with E-state index < -0.39 is 5.97 Å². The van der Waals surface area contributed by atoms with Gasteiger partial charge in [0.15, 0.2) is 0 Å². The van der Waals surface area contributed by atoms with Gasteiger partial charge in [0.1, 0.15) is 0 Å². The SMILES string of the molecule is CCCCCCCCCCCCCCCCCC[N+](C)(C)C.O=C([O-])c1cccc2ccccc12. The summed E-state index contributed by atoms with van der Waals surface area (Å²) < 4.78 is 1.12. The van der Waals surface area contributed by atoms with Crippen molar-refractivity contribution in [3.8, 4) is 0 Å². The third-order valence-corrected chi connectivity index (χ3v) is 6.69. The van der Waals surface area contributed by atoms with E-state index in [1.54, 1.807) is 18.2 Å². The van der Waals surface area contributed by atoms with Crippen LogP contribution in [0.4, 0.5) is 0 Å². The molecule has 0 saturated carbocycles. The summed E-state index contributed by atoms with van der Waals surface area (Å²) in [5.41, 5.74) is 0.248. The molecule has 0 atom stereocenters. The first-order valence-electron chi connectivity index (χ1n) is 14.3. The summed E-state index contributed by atoms with van der Waals surface area (Å²) in [7, 11) is 6.89. The van der Waals surface area contributed by atoms with Crippen molar-refractivity contribution in [2.45, 2.75) is 110 Å². The van der Waals surface area contributed by atoms with Gasteiger partial charge in [-0.15, -0.1) is 0 Å². The van der Waals surface area contributed by atoms with E-state index in [4.69, 9.17) is 0 Å². The molecule has 0 N–H and O–H groups in total. The summed E-state index contributed by atoms with van der Waals surface area (Å²) in [6.07, 6.45) is 23.4. The summed E-state index contributed by atoms with van der Waals surface area (Å²) in [5, 5.41) is 12.4. The van der Waals surface area contributed by atoms with Crippen LogP contribution in [0.15, 0.2) is 42.5 Å². The van der Waals surface area contributed by atoms with Gasteiger partial charge in [-0.2, -0.15) is 0 Å². The van der Waals surface area contributed by atoms with Crippen LogP contribution in [0, 0.1) is 0 Å². The third kappa shape index (κ3) is 16.4. The van der Waals surface area contributed by atoms with Crippen molar-refractivity contribution < 1.29 is 14.4 Å². The molecule has 0 saturated heterocycles. The van der Waals surface area contributed by atoms with Gasteiger partial charge in [-0.25, -0.2) is 0 Å². The van der Waals surface area contributed by atoms with Crippen molar-refractivity contribution in [3.05, 3.63) is 48.0 Å². The second-order valence-electron chi connectivity index (χ2n) is 11.1. The van der Waals surface area contributed by atoms with Crippen LogP contribution >= 0.6 is 0 Å². The Morgan fingerprint density at radius 3 is 1.51 bits per heavy atom. The monoisotopic (exact) mass is 483 g/mol. The molecule has 2 aromatic rings. The topological polar surface area (TPSA) is 40.1 Å². The predicted octanol–water partition coefficient (Wildman–Crippen LogP) is 8.16. The summed E-state index contributed by atoms with van der Waals surface area (Å²) in [5.74, 6) is -1.13. The first-order chi connectivity index (χ1) is 16.8. The Hall–Kier alpha value is -1.87. The van der Waals surface area contributed by atoms with E-state index in [1.807, 2.05) is 24.3 Å². The Morgan fingerprint density at radius 2 is 1.06 bits per heavy atom. The van der Waals surface area contributed by atoms with Crippen molar-refractivity contribution >= 4 is 16.7 Å². The Kier molecular flexibility index (Phi) is 17.2. The van der Waals surface area contributed by atoms with Crippen LogP contribution in [0.25, 0.3) is 10.8 Å². The quantitative estimate of drug-likeness (QED) is 0.158. The fraction of sp³-hybridized carbons (Fsp3) is 0.656. The van der Waals surface area contributed by atoms with Crippen molar-refractivity contribution in [1.82, 2.24) is 0 Å². The first kappa shape index (κ1) is 31.2. The Bertz CT molecular complexity index is 788. The molecule has 0 bridgehead atoms. The normalized spacial score (nSPS) is 11.3. The number of unbranched alkanes of at least 4 members (excludes halogenated alkanes) is 15. The molecule has 0 aliphatic carbocycles. The third-order valence-electron chi connectivity index (χ3n) is 6.69. The maximum absolute atomic E-state index is 10.7. The van der Waals surface area contributed by atoms with Gasteiger partial charge in [-0.1, -0.05) is 139 Å². The molecular formula is C32H53NO2. The van der Waals surface area contributed by atoms with E-state index in [1.165, 1.54) is 109 Å². The molecule has 0 aliphatic rings. The number of aromatic carboxylic acids is 1. The molecular weight excluding hydrogens is 430 g/mol. The number of benzene rings is 2. The van der Waals surface area contributed by atoms with E-state index >= 15 is 0 Å². The Labute approximate surface area is 216 Å². The van der Waals surface area contributed by atoms with Gasteiger partial charge >= 0.3 is 0 Å². The molecule has 0 radical (unpaired) electrons. The Morgan fingerprint density at radius 1 is 0.629 bits per heavy atom. The van der Waals surface area contributed by atoms with E-state index in [9.17, 15) is 9.90 Å². The number of carbonyl (C=O) groups excluding carboxylic acids is 1. The van der Waals surface area contributed by atoms with Crippen LogP contribution in [0.5, 0.6) is 0 Å². The van der Waals surface area contributed by atoms with E-state index in [-0.39, 0.29) is 5.56 Å². The second-order valence-corrected chi connectivity index (χ2v) is 11.1. The van der Waals surface area contributed by atoms with Gasteiger partial charge in [0.25, 0.3) is 0 Å². The minimum Gasteiger partial charge on any atom is -0.545 e. The maximum Gasteiger partial charge on any atom is 0.0780 e. The lowest BCUT2D eigenvalue weighted by Gasteiger charge is -2.23. The van der Waals surface area contributed by atoms with Gasteiger partial charge in [0.05, 0.1) is 33.7 Å². The summed E-state index contributed by atoms with van der Waals surface area (Å²) in [6.45, 7) is 3.63. The van der Waals surface area contributed by atoms with Gasteiger partial charge < -0.3 is 14.4 Å². The van der Waals surface area contributed by atoms with Crippen molar-refractivity contribution in [1.29, 1.82) is 0 Å². The molecule has 0 heterocycles. The molecule has 0 fully saturated rings. The molecule has 0 aliphatic heterocycles. The van der Waals surface area contributed by atoms with Gasteiger partial charge in [0, 0.05) is 5.56 Å². The zero-order chi connectivity index (χ0) is 25.8. The number of carboxylic acids is 1. The standard InChI is InChI=1S/C21H46N.C11H8O2/c1-5-6-7-8-9-10-11-12-13-14-15-16-17-18-19-20-21-22(2,3)4;12-11(13)10-7-3-5-8-4-1-2-6-9(8)10/h5-21H2,1-4H3;1-7H,(H,12,13)/q+1;/p-1. The lowest BCUT2D eigenvalue weighted by molar-refractivity contribution is -0.870.